The van der Waals surface area contributed by atoms with Crippen LogP contribution in [0.25, 0.3) is 0 Å². The van der Waals surface area contributed by atoms with E-state index in [0.717, 1.165) is 41.9 Å². The van der Waals surface area contributed by atoms with Crippen LogP contribution in [0, 0.1) is 0 Å². The number of carbonyl (C=O) groups is 2. The van der Waals surface area contributed by atoms with Crippen molar-refractivity contribution in [2.24, 2.45) is 0 Å². The Kier molecular flexibility index (Phi) is 4.09. The summed E-state index contributed by atoms with van der Waals surface area (Å²) >= 11 is 0. The van der Waals surface area contributed by atoms with E-state index in [1.54, 1.807) is 0 Å². The molecule has 2 aromatic rings. The van der Waals surface area contributed by atoms with Gasteiger partial charge in [0.2, 0.25) is 0 Å². The number of benzene rings is 2. The summed E-state index contributed by atoms with van der Waals surface area (Å²) in [7, 11) is 0. The summed E-state index contributed by atoms with van der Waals surface area (Å²) in [5.74, 6) is 0.614. The first-order chi connectivity index (χ1) is 13.7. The molecule has 6 heteroatoms. The number of imide groups is 1. The Labute approximate surface area is 163 Å². The van der Waals surface area contributed by atoms with Crippen LogP contribution in [-0.2, 0) is 28.0 Å². The monoisotopic (exact) mass is 378 g/mol. The number of hydrogen-bond acceptors (Lipinski definition) is 4. The molecule has 144 valence electrons. The highest BCUT2D eigenvalue weighted by atomic mass is 16.5. The number of rotatable bonds is 4. The first kappa shape index (κ1) is 17.3. The smallest absolute Gasteiger partial charge is 0.325 e. The van der Waals surface area contributed by atoms with Crippen LogP contribution in [0.5, 0.6) is 5.75 Å². The summed E-state index contributed by atoms with van der Waals surface area (Å²) in [4.78, 5) is 27.1. The Morgan fingerprint density at radius 3 is 2.75 bits per heavy atom. The predicted molar refractivity (Wildman–Crippen MR) is 102 cm³/mol. The van der Waals surface area contributed by atoms with Gasteiger partial charge in [-0.05, 0) is 41.7 Å². The fourth-order valence-corrected chi connectivity index (χ4v) is 4.39. The van der Waals surface area contributed by atoms with Crippen LogP contribution in [0.4, 0.5) is 4.79 Å². The quantitative estimate of drug-likeness (QED) is 0.831. The van der Waals surface area contributed by atoms with Gasteiger partial charge in [-0.3, -0.25) is 9.69 Å². The van der Waals surface area contributed by atoms with Crippen molar-refractivity contribution in [3.8, 4) is 5.75 Å². The summed E-state index contributed by atoms with van der Waals surface area (Å²) in [5.41, 5.74) is 2.05. The topological polar surface area (TPSA) is 67.9 Å². The highest BCUT2D eigenvalue weighted by Crippen LogP contribution is 2.41. The van der Waals surface area contributed by atoms with Crippen molar-refractivity contribution in [3.63, 3.8) is 0 Å². The van der Waals surface area contributed by atoms with Gasteiger partial charge in [0.15, 0.2) is 0 Å². The van der Waals surface area contributed by atoms with Crippen LogP contribution < -0.4 is 10.1 Å². The van der Waals surface area contributed by atoms with Crippen LogP contribution in [0.1, 0.15) is 29.5 Å². The number of amides is 3. The second-order valence-electron chi connectivity index (χ2n) is 7.63. The van der Waals surface area contributed by atoms with Crippen molar-refractivity contribution in [3.05, 3.63) is 65.2 Å². The highest BCUT2D eigenvalue weighted by Gasteiger charge is 2.55. The molecule has 6 nitrogen and oxygen atoms in total. The van der Waals surface area contributed by atoms with E-state index in [9.17, 15) is 9.59 Å². The van der Waals surface area contributed by atoms with E-state index in [1.807, 2.05) is 48.5 Å². The molecule has 2 aliphatic heterocycles. The normalized spacial score (nSPS) is 26.0. The molecular formula is C22H22N2O4. The lowest BCUT2D eigenvalue weighted by Gasteiger charge is -2.22. The average Bonchev–Trinajstić information content (AvgIpc) is 3.40. The predicted octanol–water partition coefficient (Wildman–Crippen LogP) is 2.75. The minimum Gasteiger partial charge on any atom is -0.488 e. The van der Waals surface area contributed by atoms with Crippen LogP contribution in [0.2, 0.25) is 0 Å². The first-order valence-corrected chi connectivity index (χ1v) is 9.71. The summed E-state index contributed by atoms with van der Waals surface area (Å²) in [6, 6.07) is 15.1. The van der Waals surface area contributed by atoms with Gasteiger partial charge in [0.25, 0.3) is 5.91 Å². The van der Waals surface area contributed by atoms with Crippen molar-refractivity contribution in [1.29, 1.82) is 0 Å². The lowest BCUT2D eigenvalue weighted by atomic mass is 9.92. The maximum absolute atomic E-state index is 13.2. The van der Waals surface area contributed by atoms with Gasteiger partial charge in [-0.1, -0.05) is 36.4 Å². The van der Waals surface area contributed by atoms with Gasteiger partial charge in [-0.2, -0.15) is 0 Å². The molecule has 0 bridgehead atoms. The maximum Gasteiger partial charge on any atom is 0.325 e. The number of ether oxygens (including phenoxy) is 2. The zero-order valence-electron chi connectivity index (χ0n) is 15.5. The lowest BCUT2D eigenvalue weighted by molar-refractivity contribution is -0.132. The molecule has 0 radical (unpaired) electrons. The third-order valence-electron chi connectivity index (χ3n) is 5.88. The zero-order chi connectivity index (χ0) is 19.1. The third-order valence-corrected chi connectivity index (χ3v) is 5.88. The minimum absolute atomic E-state index is 0.0964. The summed E-state index contributed by atoms with van der Waals surface area (Å²) < 4.78 is 11.2. The van der Waals surface area contributed by atoms with Crippen LogP contribution >= 0.6 is 0 Å². The van der Waals surface area contributed by atoms with E-state index in [2.05, 4.69) is 5.32 Å². The van der Waals surface area contributed by atoms with E-state index in [1.165, 1.54) is 4.90 Å². The fraction of sp³-hybridized carbons (Fsp3) is 0.364. The van der Waals surface area contributed by atoms with E-state index in [0.29, 0.717) is 13.0 Å². The molecule has 2 saturated heterocycles. The minimum atomic E-state index is -0.904. The number of fused-ring (bicyclic) bond motifs is 2. The number of nitrogens with one attached hydrogen (secondary N) is 1. The molecule has 3 amide bonds. The Hall–Kier alpha value is -2.86. The molecule has 0 saturated carbocycles. The Morgan fingerprint density at radius 2 is 1.96 bits per heavy atom. The van der Waals surface area contributed by atoms with Crippen molar-refractivity contribution in [2.45, 2.75) is 37.5 Å². The number of nitrogens with zero attached hydrogens (tertiary/aromatic N) is 1. The third kappa shape index (κ3) is 2.76. The molecule has 2 aromatic carbocycles. The molecule has 2 fully saturated rings. The highest BCUT2D eigenvalue weighted by molar-refractivity contribution is 6.08. The van der Waals surface area contributed by atoms with Crippen LogP contribution in [0.3, 0.4) is 0 Å². The summed E-state index contributed by atoms with van der Waals surface area (Å²) in [6.07, 6.45) is 2.41. The van der Waals surface area contributed by atoms with Gasteiger partial charge in [0.05, 0.1) is 19.8 Å². The summed E-state index contributed by atoms with van der Waals surface area (Å²) in [6.45, 7) is 1.61. The lowest BCUT2D eigenvalue weighted by Crippen LogP contribution is -2.41. The van der Waals surface area contributed by atoms with E-state index < -0.39 is 5.54 Å². The number of hydrogen-bond donors (Lipinski definition) is 1. The molecule has 1 aliphatic carbocycles. The van der Waals surface area contributed by atoms with Crippen molar-refractivity contribution >= 4 is 11.9 Å². The van der Waals surface area contributed by atoms with Gasteiger partial charge < -0.3 is 14.8 Å². The molecule has 3 aliphatic rings. The maximum atomic E-state index is 13.2. The van der Waals surface area contributed by atoms with Crippen molar-refractivity contribution < 1.29 is 19.1 Å². The number of aryl methyl sites for hydroxylation is 1. The number of urea groups is 1. The van der Waals surface area contributed by atoms with Gasteiger partial charge in [0, 0.05) is 6.42 Å². The van der Waals surface area contributed by atoms with Crippen molar-refractivity contribution in [2.75, 3.05) is 13.2 Å². The Bertz CT molecular complexity index is 920. The van der Waals surface area contributed by atoms with Gasteiger partial charge >= 0.3 is 6.03 Å². The van der Waals surface area contributed by atoms with E-state index in [4.69, 9.17) is 9.47 Å². The van der Waals surface area contributed by atoms with E-state index in [-0.39, 0.29) is 24.6 Å². The summed E-state index contributed by atoms with van der Waals surface area (Å²) in [5, 5.41) is 2.96. The fourth-order valence-electron chi connectivity index (χ4n) is 4.39. The molecule has 2 unspecified atom stereocenters. The SMILES string of the molecule is O=C1NC2(CCc3ccccc32)C(=O)N1Cc1ccc(OC2CCOC2)cc1. The molecule has 28 heavy (non-hydrogen) atoms. The molecule has 1 N–H and O–H groups in total. The Balaban J connectivity index is 1.32. The number of carbonyl (C=O) groups excluding carboxylic acids is 2. The standard InChI is InChI=1S/C22H22N2O4/c25-20-22(11-9-16-3-1-2-4-19(16)22)23-21(26)24(20)13-15-5-7-17(8-6-15)28-18-10-12-27-14-18/h1-8,18H,9-14H2,(H,23,26). The van der Waals surface area contributed by atoms with Gasteiger partial charge in [0.1, 0.15) is 17.4 Å². The zero-order valence-corrected chi connectivity index (χ0v) is 15.5. The van der Waals surface area contributed by atoms with E-state index >= 15 is 0 Å². The molecule has 2 heterocycles. The molecule has 1 spiro atoms. The molecule has 5 rings (SSSR count). The largest absolute Gasteiger partial charge is 0.488 e. The van der Waals surface area contributed by atoms with Crippen molar-refractivity contribution in [1.82, 2.24) is 10.2 Å². The van der Waals surface area contributed by atoms with Crippen LogP contribution in [0.15, 0.2) is 48.5 Å². The first-order valence-electron chi connectivity index (χ1n) is 9.71. The second kappa shape index (κ2) is 6.63. The molecule has 2 atom stereocenters. The average molecular weight is 378 g/mol. The van der Waals surface area contributed by atoms with Crippen LogP contribution in [-0.4, -0.2) is 36.2 Å². The molecular weight excluding hydrogens is 356 g/mol. The second-order valence-corrected chi connectivity index (χ2v) is 7.63. The molecule has 0 aromatic heterocycles. The Morgan fingerprint density at radius 1 is 1.14 bits per heavy atom. The van der Waals surface area contributed by atoms with Gasteiger partial charge in [-0.25, -0.2) is 4.79 Å². The van der Waals surface area contributed by atoms with Gasteiger partial charge in [-0.15, -0.1) is 0 Å².